The summed E-state index contributed by atoms with van der Waals surface area (Å²) in [7, 11) is 1.61. The monoisotopic (exact) mass is 272 g/mol. The molecule has 0 radical (unpaired) electrons. The summed E-state index contributed by atoms with van der Waals surface area (Å²) in [4.78, 5) is 10.3. The molecule has 0 atom stereocenters. The standard InChI is InChI=1S/C11H13BrO3/c1-15-10-6-8(5-9(12)7-10)3-2-4-11(13)14/h5-7H,2-4H2,1H3,(H,13,14). The van der Waals surface area contributed by atoms with Gasteiger partial charge in [0.15, 0.2) is 0 Å². The third-order valence-electron chi connectivity index (χ3n) is 2.02. The van der Waals surface area contributed by atoms with E-state index in [1.54, 1.807) is 7.11 Å². The third-order valence-corrected chi connectivity index (χ3v) is 2.48. The number of halogens is 1. The van der Waals surface area contributed by atoms with E-state index in [0.29, 0.717) is 6.42 Å². The van der Waals surface area contributed by atoms with Crippen LogP contribution >= 0.6 is 15.9 Å². The van der Waals surface area contributed by atoms with Gasteiger partial charge in [0.05, 0.1) is 7.11 Å². The topological polar surface area (TPSA) is 46.5 Å². The van der Waals surface area contributed by atoms with Crippen molar-refractivity contribution >= 4 is 21.9 Å². The second-order valence-electron chi connectivity index (χ2n) is 3.25. The molecule has 3 nitrogen and oxygen atoms in total. The zero-order valence-corrected chi connectivity index (χ0v) is 10.1. The molecule has 15 heavy (non-hydrogen) atoms. The molecule has 0 spiro atoms. The number of hydrogen-bond donors (Lipinski definition) is 1. The van der Waals surface area contributed by atoms with E-state index in [0.717, 1.165) is 22.2 Å². The SMILES string of the molecule is COc1cc(Br)cc(CCCC(=O)O)c1. The van der Waals surface area contributed by atoms with Gasteiger partial charge in [-0.25, -0.2) is 0 Å². The lowest BCUT2D eigenvalue weighted by Crippen LogP contribution is -1.96. The van der Waals surface area contributed by atoms with E-state index >= 15 is 0 Å². The van der Waals surface area contributed by atoms with Crippen LogP contribution in [-0.2, 0) is 11.2 Å². The lowest BCUT2D eigenvalue weighted by molar-refractivity contribution is -0.137. The van der Waals surface area contributed by atoms with E-state index in [1.165, 1.54) is 0 Å². The van der Waals surface area contributed by atoms with Gasteiger partial charge in [-0.15, -0.1) is 0 Å². The van der Waals surface area contributed by atoms with Gasteiger partial charge in [-0.3, -0.25) is 4.79 Å². The molecule has 0 unspecified atom stereocenters. The van der Waals surface area contributed by atoms with E-state index in [9.17, 15) is 4.79 Å². The molecular weight excluding hydrogens is 260 g/mol. The summed E-state index contributed by atoms with van der Waals surface area (Å²) in [5.41, 5.74) is 1.09. The van der Waals surface area contributed by atoms with Gasteiger partial charge >= 0.3 is 5.97 Å². The quantitative estimate of drug-likeness (QED) is 0.897. The second-order valence-corrected chi connectivity index (χ2v) is 4.16. The average molecular weight is 273 g/mol. The highest BCUT2D eigenvalue weighted by atomic mass is 79.9. The zero-order valence-electron chi connectivity index (χ0n) is 8.50. The van der Waals surface area contributed by atoms with E-state index in [1.807, 2.05) is 18.2 Å². The first kappa shape index (κ1) is 12.0. The van der Waals surface area contributed by atoms with Crippen LogP contribution in [0.2, 0.25) is 0 Å². The van der Waals surface area contributed by atoms with Crippen molar-refractivity contribution < 1.29 is 14.6 Å². The maximum atomic E-state index is 10.3. The van der Waals surface area contributed by atoms with Crippen molar-refractivity contribution in [2.24, 2.45) is 0 Å². The Kier molecular flexibility index (Phi) is 4.62. The fraction of sp³-hybridized carbons (Fsp3) is 0.364. The number of aryl methyl sites for hydroxylation is 1. The van der Waals surface area contributed by atoms with Crippen LogP contribution in [0.25, 0.3) is 0 Å². The fourth-order valence-corrected chi connectivity index (χ4v) is 1.85. The number of aliphatic carboxylic acids is 1. The van der Waals surface area contributed by atoms with Crippen LogP contribution in [-0.4, -0.2) is 18.2 Å². The van der Waals surface area contributed by atoms with Crippen LogP contribution in [0.15, 0.2) is 22.7 Å². The number of ether oxygens (including phenoxy) is 1. The minimum atomic E-state index is -0.753. The lowest BCUT2D eigenvalue weighted by Gasteiger charge is -2.05. The molecule has 1 N–H and O–H groups in total. The molecule has 0 aliphatic rings. The van der Waals surface area contributed by atoms with Gasteiger partial charge in [-0.05, 0) is 36.6 Å². The van der Waals surface area contributed by atoms with E-state index in [2.05, 4.69) is 15.9 Å². The smallest absolute Gasteiger partial charge is 0.303 e. The maximum Gasteiger partial charge on any atom is 0.303 e. The minimum Gasteiger partial charge on any atom is -0.497 e. The van der Waals surface area contributed by atoms with Gasteiger partial charge in [0.25, 0.3) is 0 Å². The van der Waals surface area contributed by atoms with E-state index in [4.69, 9.17) is 9.84 Å². The Bertz CT molecular complexity index is 350. The Morgan fingerprint density at radius 1 is 1.47 bits per heavy atom. The van der Waals surface area contributed by atoms with Crippen LogP contribution in [0.4, 0.5) is 0 Å². The summed E-state index contributed by atoms with van der Waals surface area (Å²) in [6.45, 7) is 0. The van der Waals surface area contributed by atoms with Gasteiger partial charge in [0.2, 0.25) is 0 Å². The van der Waals surface area contributed by atoms with Crippen LogP contribution in [0, 0.1) is 0 Å². The molecule has 82 valence electrons. The number of benzene rings is 1. The summed E-state index contributed by atoms with van der Waals surface area (Å²) in [5, 5.41) is 8.51. The number of methoxy groups -OCH3 is 1. The van der Waals surface area contributed by atoms with Gasteiger partial charge in [-0.1, -0.05) is 15.9 Å². The van der Waals surface area contributed by atoms with Gasteiger partial charge < -0.3 is 9.84 Å². The average Bonchev–Trinajstić information content (AvgIpc) is 2.16. The van der Waals surface area contributed by atoms with Crippen molar-refractivity contribution in [2.75, 3.05) is 7.11 Å². The Hall–Kier alpha value is -1.03. The van der Waals surface area contributed by atoms with Crippen molar-refractivity contribution in [2.45, 2.75) is 19.3 Å². The Morgan fingerprint density at radius 2 is 2.20 bits per heavy atom. The van der Waals surface area contributed by atoms with E-state index in [-0.39, 0.29) is 6.42 Å². The van der Waals surface area contributed by atoms with Gasteiger partial charge in [0, 0.05) is 10.9 Å². The first-order chi connectivity index (χ1) is 7.11. The molecule has 0 bridgehead atoms. The largest absolute Gasteiger partial charge is 0.497 e. The molecule has 0 fully saturated rings. The number of carboxylic acid groups (broad SMARTS) is 1. The maximum absolute atomic E-state index is 10.3. The predicted molar refractivity (Wildman–Crippen MR) is 61.3 cm³/mol. The van der Waals surface area contributed by atoms with E-state index < -0.39 is 5.97 Å². The number of rotatable bonds is 5. The minimum absolute atomic E-state index is 0.203. The van der Waals surface area contributed by atoms with Gasteiger partial charge in [0.1, 0.15) is 5.75 Å². The fourth-order valence-electron chi connectivity index (χ4n) is 1.33. The molecule has 0 saturated carbocycles. The number of carbonyl (C=O) groups is 1. The highest BCUT2D eigenvalue weighted by molar-refractivity contribution is 9.10. The predicted octanol–water partition coefficient (Wildman–Crippen LogP) is 2.87. The second kappa shape index (κ2) is 5.75. The first-order valence-electron chi connectivity index (χ1n) is 4.67. The van der Waals surface area contributed by atoms with Crippen LogP contribution < -0.4 is 4.74 Å². The van der Waals surface area contributed by atoms with Crippen LogP contribution in [0.3, 0.4) is 0 Å². The Labute approximate surface area is 97.2 Å². The van der Waals surface area contributed by atoms with Crippen molar-refractivity contribution in [1.29, 1.82) is 0 Å². The summed E-state index contributed by atoms with van der Waals surface area (Å²) in [6, 6.07) is 5.78. The highest BCUT2D eigenvalue weighted by Crippen LogP contribution is 2.22. The number of carboxylic acids is 1. The normalized spacial score (nSPS) is 10.0. The van der Waals surface area contributed by atoms with Crippen LogP contribution in [0.5, 0.6) is 5.75 Å². The Morgan fingerprint density at radius 3 is 2.80 bits per heavy atom. The third kappa shape index (κ3) is 4.34. The molecule has 0 aromatic heterocycles. The molecule has 4 heteroatoms. The van der Waals surface area contributed by atoms with Crippen LogP contribution in [0.1, 0.15) is 18.4 Å². The zero-order chi connectivity index (χ0) is 11.3. The number of hydrogen-bond acceptors (Lipinski definition) is 2. The van der Waals surface area contributed by atoms with Crippen molar-refractivity contribution in [3.63, 3.8) is 0 Å². The molecule has 0 saturated heterocycles. The summed E-state index contributed by atoms with van der Waals surface area (Å²) < 4.78 is 6.07. The Balaban J connectivity index is 2.60. The van der Waals surface area contributed by atoms with Crippen molar-refractivity contribution in [1.82, 2.24) is 0 Å². The molecule has 1 aromatic rings. The molecule has 0 heterocycles. The lowest BCUT2D eigenvalue weighted by atomic mass is 10.1. The molecule has 0 amide bonds. The first-order valence-corrected chi connectivity index (χ1v) is 5.46. The van der Waals surface area contributed by atoms with Gasteiger partial charge in [-0.2, -0.15) is 0 Å². The molecule has 0 aliphatic carbocycles. The summed E-state index contributed by atoms with van der Waals surface area (Å²) >= 11 is 3.38. The van der Waals surface area contributed by atoms with Crippen molar-refractivity contribution in [3.8, 4) is 5.75 Å². The molecule has 1 rings (SSSR count). The summed E-state index contributed by atoms with van der Waals surface area (Å²) in [5.74, 6) is 0.0339. The molecule has 1 aromatic carbocycles. The molecule has 0 aliphatic heterocycles. The highest BCUT2D eigenvalue weighted by Gasteiger charge is 2.01. The molecular formula is C11H13BrO3. The summed E-state index contributed by atoms with van der Waals surface area (Å²) in [6.07, 6.45) is 1.60. The van der Waals surface area contributed by atoms with Crippen molar-refractivity contribution in [3.05, 3.63) is 28.2 Å².